The zero-order valence-corrected chi connectivity index (χ0v) is 11.3. The Bertz CT molecular complexity index is 846. The molecule has 1 aromatic carbocycles. The van der Waals surface area contributed by atoms with Gasteiger partial charge in [0.05, 0.1) is 23.4 Å². The Hall–Kier alpha value is -2.76. The minimum absolute atomic E-state index is 0.0544. The lowest BCUT2D eigenvalue weighted by Crippen LogP contribution is -2.13. The average Bonchev–Trinajstić information content (AvgIpc) is 3.26. The lowest BCUT2D eigenvalue weighted by atomic mass is 10.1. The van der Waals surface area contributed by atoms with Crippen molar-refractivity contribution in [2.45, 2.75) is 18.9 Å². The number of fused-ring (bicyclic) bond motifs is 1. The quantitative estimate of drug-likeness (QED) is 0.566. The van der Waals surface area contributed by atoms with E-state index in [0.717, 1.165) is 22.2 Å². The first-order valence-corrected chi connectivity index (χ1v) is 6.86. The third-order valence-electron chi connectivity index (χ3n) is 3.73. The first-order valence-electron chi connectivity index (χ1n) is 6.86. The molecule has 0 saturated heterocycles. The van der Waals surface area contributed by atoms with E-state index in [0.29, 0.717) is 11.7 Å². The number of aromatic nitrogens is 4. The summed E-state index contributed by atoms with van der Waals surface area (Å²) in [6.07, 6.45) is 5.76. The fourth-order valence-electron chi connectivity index (χ4n) is 2.49. The van der Waals surface area contributed by atoms with E-state index in [2.05, 4.69) is 31.9 Å². The van der Waals surface area contributed by atoms with E-state index >= 15 is 0 Å². The molecule has 2 aromatic heterocycles. The summed E-state index contributed by atoms with van der Waals surface area (Å²) in [6.45, 7) is 0. The smallest absolute Gasteiger partial charge is 0.141 e. The number of nitrogens with zero attached hydrogens (tertiary/aromatic N) is 4. The van der Waals surface area contributed by atoms with E-state index in [-0.39, 0.29) is 5.84 Å². The SMILES string of the molecule is N=C(N)c1cc(-c2ccc3c(cnn3C3CC3)c2)ncn1. The average molecular weight is 278 g/mol. The van der Waals surface area contributed by atoms with Crippen molar-refractivity contribution in [2.24, 2.45) is 5.73 Å². The maximum absolute atomic E-state index is 7.46. The molecule has 6 nitrogen and oxygen atoms in total. The Kier molecular flexibility index (Phi) is 2.50. The van der Waals surface area contributed by atoms with Crippen molar-refractivity contribution >= 4 is 16.7 Å². The molecule has 0 unspecified atom stereocenters. The van der Waals surface area contributed by atoms with Crippen LogP contribution in [0.4, 0.5) is 0 Å². The van der Waals surface area contributed by atoms with Crippen LogP contribution >= 0.6 is 0 Å². The molecule has 1 aliphatic carbocycles. The fraction of sp³-hybridized carbons (Fsp3) is 0.200. The number of hydrogen-bond acceptors (Lipinski definition) is 4. The predicted molar refractivity (Wildman–Crippen MR) is 80.0 cm³/mol. The van der Waals surface area contributed by atoms with Crippen LogP contribution in [0.1, 0.15) is 24.6 Å². The minimum Gasteiger partial charge on any atom is -0.382 e. The molecule has 1 aliphatic rings. The van der Waals surface area contributed by atoms with Gasteiger partial charge in [-0.1, -0.05) is 6.07 Å². The van der Waals surface area contributed by atoms with Crippen molar-refractivity contribution in [2.75, 3.05) is 0 Å². The third kappa shape index (κ3) is 2.05. The van der Waals surface area contributed by atoms with Gasteiger partial charge in [-0.3, -0.25) is 10.1 Å². The zero-order chi connectivity index (χ0) is 14.4. The number of nitrogen functional groups attached to an aromatic ring is 1. The van der Waals surface area contributed by atoms with E-state index in [4.69, 9.17) is 11.1 Å². The van der Waals surface area contributed by atoms with Crippen molar-refractivity contribution in [3.63, 3.8) is 0 Å². The summed E-state index contributed by atoms with van der Waals surface area (Å²) >= 11 is 0. The molecule has 0 amide bonds. The lowest BCUT2D eigenvalue weighted by molar-refractivity contribution is 0.665. The molecule has 0 aliphatic heterocycles. The van der Waals surface area contributed by atoms with Gasteiger partial charge in [-0.25, -0.2) is 9.97 Å². The highest BCUT2D eigenvalue weighted by Gasteiger charge is 2.25. The van der Waals surface area contributed by atoms with Gasteiger partial charge in [0, 0.05) is 10.9 Å². The molecular formula is C15H14N6. The Labute approximate surface area is 121 Å². The van der Waals surface area contributed by atoms with E-state index in [1.165, 1.54) is 19.2 Å². The Morgan fingerprint density at radius 1 is 1.24 bits per heavy atom. The highest BCUT2D eigenvalue weighted by atomic mass is 15.3. The minimum atomic E-state index is -0.0544. The lowest BCUT2D eigenvalue weighted by Gasteiger charge is -2.04. The molecule has 0 atom stereocenters. The van der Waals surface area contributed by atoms with Crippen molar-refractivity contribution in [1.82, 2.24) is 19.7 Å². The Morgan fingerprint density at radius 3 is 2.86 bits per heavy atom. The number of benzene rings is 1. The summed E-state index contributed by atoms with van der Waals surface area (Å²) in [4.78, 5) is 8.25. The van der Waals surface area contributed by atoms with Crippen LogP contribution in [0.3, 0.4) is 0 Å². The second kappa shape index (κ2) is 4.37. The molecule has 1 fully saturated rings. The van der Waals surface area contributed by atoms with E-state index in [1.54, 1.807) is 6.07 Å². The van der Waals surface area contributed by atoms with Crippen molar-refractivity contribution in [3.8, 4) is 11.3 Å². The zero-order valence-electron chi connectivity index (χ0n) is 11.3. The molecule has 0 radical (unpaired) electrons. The molecule has 0 bridgehead atoms. The van der Waals surface area contributed by atoms with Crippen LogP contribution in [0.5, 0.6) is 0 Å². The highest BCUT2D eigenvalue weighted by Crippen LogP contribution is 2.37. The number of amidine groups is 1. The van der Waals surface area contributed by atoms with Gasteiger partial charge in [0.2, 0.25) is 0 Å². The summed E-state index contributed by atoms with van der Waals surface area (Å²) in [5, 5.41) is 13.0. The third-order valence-corrected chi connectivity index (χ3v) is 3.73. The molecule has 2 heterocycles. The maximum Gasteiger partial charge on any atom is 0.141 e. The molecule has 104 valence electrons. The molecular weight excluding hydrogens is 264 g/mol. The summed E-state index contributed by atoms with van der Waals surface area (Å²) < 4.78 is 2.10. The normalized spacial score (nSPS) is 14.5. The monoisotopic (exact) mass is 278 g/mol. The topological polar surface area (TPSA) is 93.5 Å². The molecule has 4 rings (SSSR count). The number of nitrogens with two attached hydrogens (primary N) is 1. The van der Waals surface area contributed by atoms with Crippen molar-refractivity contribution in [3.05, 3.63) is 42.5 Å². The predicted octanol–water partition coefficient (Wildman–Crippen LogP) is 2.11. The summed E-state index contributed by atoms with van der Waals surface area (Å²) in [5.41, 5.74) is 8.80. The number of nitrogens with one attached hydrogen (secondary N) is 1. The van der Waals surface area contributed by atoms with Gasteiger partial charge in [0.1, 0.15) is 17.9 Å². The summed E-state index contributed by atoms with van der Waals surface area (Å²) in [7, 11) is 0. The largest absolute Gasteiger partial charge is 0.382 e. The molecule has 3 aromatic rings. The summed E-state index contributed by atoms with van der Waals surface area (Å²) in [5.74, 6) is -0.0544. The van der Waals surface area contributed by atoms with Gasteiger partial charge in [0.15, 0.2) is 0 Å². The Morgan fingerprint density at radius 2 is 2.10 bits per heavy atom. The van der Waals surface area contributed by atoms with Crippen LogP contribution in [0.15, 0.2) is 36.8 Å². The van der Waals surface area contributed by atoms with E-state index < -0.39 is 0 Å². The second-order valence-electron chi connectivity index (χ2n) is 5.30. The molecule has 1 saturated carbocycles. The standard InChI is InChI=1S/C15H14N6/c16-15(17)13-6-12(18-8-19-13)9-1-4-14-10(5-9)7-20-21(14)11-2-3-11/h1,4-8,11H,2-3H2,(H3,16,17). The molecule has 3 N–H and O–H groups in total. The van der Waals surface area contributed by atoms with Gasteiger partial charge in [-0.15, -0.1) is 0 Å². The van der Waals surface area contributed by atoms with Gasteiger partial charge in [-0.2, -0.15) is 5.10 Å². The van der Waals surface area contributed by atoms with Gasteiger partial charge in [0.25, 0.3) is 0 Å². The van der Waals surface area contributed by atoms with Crippen LogP contribution < -0.4 is 5.73 Å². The molecule has 21 heavy (non-hydrogen) atoms. The number of hydrogen-bond donors (Lipinski definition) is 2. The van der Waals surface area contributed by atoms with Gasteiger partial charge >= 0.3 is 0 Å². The van der Waals surface area contributed by atoms with Gasteiger partial charge < -0.3 is 5.73 Å². The first-order chi connectivity index (χ1) is 10.2. The van der Waals surface area contributed by atoms with Crippen LogP contribution in [-0.2, 0) is 0 Å². The van der Waals surface area contributed by atoms with Crippen molar-refractivity contribution < 1.29 is 0 Å². The Balaban J connectivity index is 1.80. The molecule has 6 heteroatoms. The maximum atomic E-state index is 7.46. The van der Waals surface area contributed by atoms with E-state index in [1.807, 2.05) is 12.3 Å². The summed E-state index contributed by atoms with van der Waals surface area (Å²) in [6, 6.07) is 8.46. The van der Waals surface area contributed by atoms with Crippen molar-refractivity contribution in [1.29, 1.82) is 5.41 Å². The highest BCUT2D eigenvalue weighted by molar-refractivity contribution is 5.94. The van der Waals surface area contributed by atoms with E-state index in [9.17, 15) is 0 Å². The van der Waals surface area contributed by atoms with Gasteiger partial charge in [-0.05, 0) is 31.0 Å². The van der Waals surface area contributed by atoms with Crippen LogP contribution in [0.2, 0.25) is 0 Å². The van der Waals surface area contributed by atoms with Crippen LogP contribution in [0, 0.1) is 5.41 Å². The second-order valence-corrected chi connectivity index (χ2v) is 5.30. The number of rotatable bonds is 3. The van der Waals surface area contributed by atoms with Crippen LogP contribution in [0.25, 0.3) is 22.2 Å². The molecule has 0 spiro atoms. The van der Waals surface area contributed by atoms with Crippen LogP contribution in [-0.4, -0.2) is 25.6 Å². The first kappa shape index (κ1) is 12.0. The fourth-order valence-corrected chi connectivity index (χ4v) is 2.49.